The van der Waals surface area contributed by atoms with E-state index < -0.39 is 6.10 Å². The number of carbonyl (C=O) groups excluding carboxylic acids is 1. The molecule has 0 saturated carbocycles. The Morgan fingerprint density at radius 1 is 0.548 bits per heavy atom. The number of hydrogen-bond acceptors (Lipinski definition) is 4. The van der Waals surface area contributed by atoms with Gasteiger partial charge >= 0.3 is 5.97 Å². The molecule has 0 saturated heterocycles. The largest absolute Gasteiger partial charge is 0.457 e. The van der Waals surface area contributed by atoms with Crippen molar-refractivity contribution in [3.8, 4) is 0 Å². The first-order valence-corrected chi connectivity index (χ1v) is 18.8. The van der Waals surface area contributed by atoms with Crippen LogP contribution in [0.4, 0.5) is 0 Å². The number of aliphatic hydroxyl groups excluding tert-OH is 1. The molecule has 0 aromatic carbocycles. The number of rotatable bonds is 35. The van der Waals surface area contributed by atoms with Crippen LogP contribution in [-0.4, -0.2) is 37.0 Å². The van der Waals surface area contributed by atoms with E-state index in [1.54, 1.807) is 0 Å². The number of unbranched alkanes of at least 4 members (excludes halogenated alkanes) is 25. The van der Waals surface area contributed by atoms with Gasteiger partial charge in [-0.1, -0.05) is 167 Å². The molecule has 0 aliphatic carbocycles. The molecule has 1 N–H and O–H groups in total. The van der Waals surface area contributed by atoms with Gasteiger partial charge in [0.05, 0.1) is 13.2 Å². The van der Waals surface area contributed by atoms with Gasteiger partial charge in [-0.3, -0.25) is 4.79 Å². The van der Waals surface area contributed by atoms with E-state index >= 15 is 0 Å². The summed E-state index contributed by atoms with van der Waals surface area (Å²) in [5.74, 6) is -0.207. The van der Waals surface area contributed by atoms with Crippen LogP contribution in [-0.2, 0) is 14.3 Å². The van der Waals surface area contributed by atoms with Crippen molar-refractivity contribution in [3.63, 3.8) is 0 Å². The maximum absolute atomic E-state index is 12.1. The Labute approximate surface area is 263 Å². The molecular weight excluding hydrogens is 520 g/mol. The number of esters is 1. The highest BCUT2D eigenvalue weighted by atomic mass is 16.6. The Balaban J connectivity index is 3.41. The van der Waals surface area contributed by atoms with Gasteiger partial charge in [0, 0.05) is 13.0 Å². The number of aliphatic hydroxyl groups is 1. The first kappa shape index (κ1) is 41.1. The molecule has 1 atom stereocenters. The average Bonchev–Trinajstić information content (AvgIpc) is 3.00. The van der Waals surface area contributed by atoms with Crippen molar-refractivity contribution in [2.45, 2.75) is 206 Å². The predicted octanol–water partition coefficient (Wildman–Crippen LogP) is 11.8. The van der Waals surface area contributed by atoms with Gasteiger partial charge in [0.15, 0.2) is 0 Å². The first-order valence-electron chi connectivity index (χ1n) is 18.8. The minimum Gasteiger partial charge on any atom is -0.457 e. The second kappa shape index (κ2) is 36.3. The number of ether oxygens (including phenoxy) is 2. The van der Waals surface area contributed by atoms with Gasteiger partial charge in [-0.05, 0) is 38.5 Å². The zero-order valence-electron chi connectivity index (χ0n) is 28.5. The lowest BCUT2D eigenvalue weighted by molar-refractivity contribution is -0.154. The Morgan fingerprint density at radius 2 is 0.929 bits per heavy atom. The summed E-state index contributed by atoms with van der Waals surface area (Å²) in [7, 11) is 0. The third kappa shape index (κ3) is 33.6. The molecular formula is C38H74O4. The molecule has 0 aliphatic rings. The van der Waals surface area contributed by atoms with E-state index in [2.05, 4.69) is 26.0 Å². The Morgan fingerprint density at radius 3 is 1.36 bits per heavy atom. The molecule has 0 spiro atoms. The summed E-state index contributed by atoms with van der Waals surface area (Å²) in [6.45, 7) is 5.36. The van der Waals surface area contributed by atoms with Gasteiger partial charge in [-0.2, -0.15) is 0 Å². The third-order valence-corrected chi connectivity index (χ3v) is 8.34. The lowest BCUT2D eigenvalue weighted by atomic mass is 10.0. The van der Waals surface area contributed by atoms with Crippen LogP contribution in [0.2, 0.25) is 0 Å². The van der Waals surface area contributed by atoms with Crippen molar-refractivity contribution in [1.82, 2.24) is 0 Å². The highest BCUT2D eigenvalue weighted by Crippen LogP contribution is 2.14. The van der Waals surface area contributed by atoms with Gasteiger partial charge in [0.2, 0.25) is 0 Å². The average molecular weight is 595 g/mol. The molecule has 0 heterocycles. The molecule has 0 radical (unpaired) electrons. The summed E-state index contributed by atoms with van der Waals surface area (Å²) >= 11 is 0. The second-order valence-corrected chi connectivity index (χ2v) is 12.7. The van der Waals surface area contributed by atoms with Crippen molar-refractivity contribution >= 4 is 5.97 Å². The molecule has 0 aromatic heterocycles. The molecule has 0 rings (SSSR count). The highest BCUT2D eigenvalue weighted by molar-refractivity contribution is 5.69. The van der Waals surface area contributed by atoms with Crippen molar-refractivity contribution < 1.29 is 19.4 Å². The van der Waals surface area contributed by atoms with Crippen molar-refractivity contribution in [3.05, 3.63) is 12.2 Å². The quantitative estimate of drug-likeness (QED) is 0.0450. The zero-order valence-corrected chi connectivity index (χ0v) is 28.5. The topological polar surface area (TPSA) is 55.8 Å². The van der Waals surface area contributed by atoms with Gasteiger partial charge < -0.3 is 14.6 Å². The molecule has 0 aliphatic heterocycles. The second-order valence-electron chi connectivity index (χ2n) is 12.7. The standard InChI is InChI=1S/C38H74O4/c1-3-5-7-9-11-13-15-17-19-20-22-24-26-28-30-32-34-41-36-37(35-39)42-38(40)33-31-29-27-25-23-21-18-16-14-12-10-8-6-4-2/h16,18,37,39H,3-15,17,19-36H2,1-2H3/b18-16-. The van der Waals surface area contributed by atoms with E-state index in [-0.39, 0.29) is 12.6 Å². The number of allylic oxidation sites excluding steroid dienone is 2. The van der Waals surface area contributed by atoms with Gasteiger partial charge in [0.25, 0.3) is 0 Å². The summed E-state index contributed by atoms with van der Waals surface area (Å²) in [6.07, 6.45) is 41.1. The van der Waals surface area contributed by atoms with Crippen LogP contribution >= 0.6 is 0 Å². The van der Waals surface area contributed by atoms with Crippen LogP contribution in [0.1, 0.15) is 200 Å². The van der Waals surface area contributed by atoms with Crippen LogP contribution in [0.25, 0.3) is 0 Å². The highest BCUT2D eigenvalue weighted by Gasteiger charge is 2.13. The molecule has 0 amide bonds. The van der Waals surface area contributed by atoms with Crippen LogP contribution in [0, 0.1) is 0 Å². The van der Waals surface area contributed by atoms with Crippen molar-refractivity contribution in [2.75, 3.05) is 19.8 Å². The number of carbonyl (C=O) groups is 1. The van der Waals surface area contributed by atoms with E-state index in [4.69, 9.17) is 9.47 Å². The molecule has 0 aromatic rings. The Kier molecular flexibility index (Phi) is 35.6. The van der Waals surface area contributed by atoms with Gasteiger partial charge in [-0.15, -0.1) is 0 Å². The van der Waals surface area contributed by atoms with Crippen LogP contribution < -0.4 is 0 Å². The van der Waals surface area contributed by atoms with Crippen LogP contribution in [0.15, 0.2) is 12.2 Å². The predicted molar refractivity (Wildman–Crippen MR) is 182 cm³/mol. The van der Waals surface area contributed by atoms with E-state index in [0.717, 1.165) is 19.3 Å². The minimum absolute atomic E-state index is 0.170. The van der Waals surface area contributed by atoms with Gasteiger partial charge in [0.1, 0.15) is 6.10 Å². The summed E-state index contributed by atoms with van der Waals surface area (Å²) in [4.78, 5) is 12.1. The lowest BCUT2D eigenvalue weighted by Gasteiger charge is -2.15. The van der Waals surface area contributed by atoms with E-state index in [9.17, 15) is 9.90 Å². The first-order chi connectivity index (χ1) is 20.7. The fourth-order valence-electron chi connectivity index (χ4n) is 5.50. The minimum atomic E-state index is -0.531. The Bertz CT molecular complexity index is 547. The normalized spacial score (nSPS) is 12.4. The summed E-state index contributed by atoms with van der Waals surface area (Å²) in [5.41, 5.74) is 0. The van der Waals surface area contributed by atoms with Crippen molar-refractivity contribution in [1.29, 1.82) is 0 Å². The SMILES string of the molecule is CCCCCCC/C=C\CCCCCCCC(=O)OC(CO)COCCCCCCCCCCCCCCCCCC. The molecule has 0 bridgehead atoms. The monoisotopic (exact) mass is 595 g/mol. The summed E-state index contributed by atoms with van der Waals surface area (Å²) in [6, 6.07) is 0. The fourth-order valence-corrected chi connectivity index (χ4v) is 5.50. The summed E-state index contributed by atoms with van der Waals surface area (Å²) < 4.78 is 11.1. The van der Waals surface area contributed by atoms with E-state index in [1.807, 2.05) is 0 Å². The Hall–Kier alpha value is -0.870. The third-order valence-electron chi connectivity index (χ3n) is 8.34. The lowest BCUT2D eigenvalue weighted by Crippen LogP contribution is -2.27. The maximum atomic E-state index is 12.1. The van der Waals surface area contributed by atoms with E-state index in [1.165, 1.54) is 161 Å². The summed E-state index contributed by atoms with van der Waals surface area (Å²) in [5, 5.41) is 9.55. The molecule has 42 heavy (non-hydrogen) atoms. The number of hydrogen-bond donors (Lipinski definition) is 1. The fraction of sp³-hybridized carbons (Fsp3) is 0.921. The molecule has 0 fully saturated rings. The zero-order chi connectivity index (χ0) is 30.6. The smallest absolute Gasteiger partial charge is 0.306 e. The van der Waals surface area contributed by atoms with Crippen LogP contribution in [0.3, 0.4) is 0 Å². The molecule has 250 valence electrons. The van der Waals surface area contributed by atoms with Crippen LogP contribution in [0.5, 0.6) is 0 Å². The molecule has 4 heteroatoms. The maximum Gasteiger partial charge on any atom is 0.306 e. The van der Waals surface area contributed by atoms with E-state index in [0.29, 0.717) is 19.6 Å². The van der Waals surface area contributed by atoms with Gasteiger partial charge in [-0.25, -0.2) is 0 Å². The molecule has 4 nitrogen and oxygen atoms in total. The molecule has 1 unspecified atom stereocenters. The van der Waals surface area contributed by atoms with Crippen molar-refractivity contribution in [2.24, 2.45) is 0 Å².